The number of nitrogens with zero attached hydrogens (tertiary/aromatic N) is 2. The van der Waals surface area contributed by atoms with Crippen LogP contribution in [0.5, 0.6) is 11.5 Å². The predicted molar refractivity (Wildman–Crippen MR) is 101 cm³/mol. The third-order valence-electron chi connectivity index (χ3n) is 4.20. The summed E-state index contributed by atoms with van der Waals surface area (Å²) in [4.78, 5) is 12.2. The quantitative estimate of drug-likeness (QED) is 0.525. The lowest BCUT2D eigenvalue weighted by molar-refractivity contribution is -0.137. The van der Waals surface area contributed by atoms with E-state index in [1.807, 2.05) is 30.3 Å². The highest BCUT2D eigenvalue weighted by Gasteiger charge is 2.30. The number of hydrogen-bond acceptors (Lipinski definition) is 3. The third-order valence-corrected chi connectivity index (χ3v) is 4.20. The van der Waals surface area contributed by atoms with E-state index in [4.69, 9.17) is 4.74 Å². The zero-order valence-corrected chi connectivity index (χ0v) is 14.9. The van der Waals surface area contributed by atoms with Crippen LogP contribution in [0.3, 0.4) is 0 Å². The van der Waals surface area contributed by atoms with Gasteiger partial charge in [0.1, 0.15) is 11.5 Å². The molecule has 1 heterocycles. The van der Waals surface area contributed by atoms with E-state index in [-0.39, 0.29) is 11.5 Å². The van der Waals surface area contributed by atoms with Gasteiger partial charge in [0, 0.05) is 5.56 Å². The topological polar surface area (TPSA) is 59.9 Å². The smallest absolute Gasteiger partial charge is 0.416 e. The van der Waals surface area contributed by atoms with Crippen LogP contribution < -0.4 is 10.4 Å². The number of H-pyrrole nitrogens is 1. The van der Waals surface area contributed by atoms with Crippen LogP contribution in [0.15, 0.2) is 83.7 Å². The van der Waals surface area contributed by atoms with Gasteiger partial charge in [-0.3, -0.25) is 0 Å². The monoisotopic (exact) mass is 397 g/mol. The Kier molecular flexibility index (Phi) is 4.67. The molecule has 0 atom stereocenters. The predicted octanol–water partition coefficient (Wildman–Crippen LogP) is 5.04. The molecule has 1 N–H and O–H groups in total. The van der Waals surface area contributed by atoms with Crippen molar-refractivity contribution in [2.75, 3.05) is 0 Å². The molecule has 0 amide bonds. The Balaban J connectivity index is 1.68. The number of hydrogen-bond donors (Lipinski definition) is 1. The van der Waals surface area contributed by atoms with E-state index in [9.17, 15) is 18.0 Å². The fraction of sp³-hybridized carbons (Fsp3) is 0.0476. The zero-order chi connectivity index (χ0) is 20.4. The van der Waals surface area contributed by atoms with Gasteiger partial charge < -0.3 is 4.74 Å². The molecular weight excluding hydrogens is 383 g/mol. The van der Waals surface area contributed by atoms with E-state index in [2.05, 4.69) is 10.2 Å². The summed E-state index contributed by atoms with van der Waals surface area (Å²) >= 11 is 0. The van der Waals surface area contributed by atoms with Crippen molar-refractivity contribution >= 4 is 0 Å². The molecule has 4 rings (SSSR count). The van der Waals surface area contributed by atoms with Crippen molar-refractivity contribution in [3.8, 4) is 28.6 Å². The van der Waals surface area contributed by atoms with Crippen LogP contribution >= 0.6 is 0 Å². The van der Waals surface area contributed by atoms with Gasteiger partial charge in [-0.25, -0.2) is 14.5 Å². The minimum absolute atomic E-state index is 0.0678. The van der Waals surface area contributed by atoms with Crippen molar-refractivity contribution in [2.45, 2.75) is 6.18 Å². The minimum Gasteiger partial charge on any atom is -0.457 e. The SMILES string of the molecule is O=c1[nH]nc(-c2ccc(Oc3ccccc3)cc2)n1-c1cccc(C(F)(F)F)c1. The summed E-state index contributed by atoms with van der Waals surface area (Å²) in [5.41, 5.74) is -0.871. The lowest BCUT2D eigenvalue weighted by Crippen LogP contribution is -2.16. The molecule has 0 bridgehead atoms. The second-order valence-electron chi connectivity index (χ2n) is 6.18. The molecular formula is C21H14F3N3O2. The number of aromatic nitrogens is 3. The fourth-order valence-electron chi connectivity index (χ4n) is 2.85. The second kappa shape index (κ2) is 7.31. The largest absolute Gasteiger partial charge is 0.457 e. The molecule has 0 saturated carbocycles. The molecule has 0 radical (unpaired) electrons. The first-order chi connectivity index (χ1) is 13.9. The summed E-state index contributed by atoms with van der Waals surface area (Å²) in [5.74, 6) is 1.44. The van der Waals surface area contributed by atoms with Gasteiger partial charge in [-0.05, 0) is 54.6 Å². The van der Waals surface area contributed by atoms with E-state index in [1.165, 1.54) is 12.1 Å². The molecule has 146 valence electrons. The van der Waals surface area contributed by atoms with Gasteiger partial charge in [-0.1, -0.05) is 24.3 Å². The normalized spacial score (nSPS) is 11.4. The van der Waals surface area contributed by atoms with Gasteiger partial charge in [-0.15, -0.1) is 0 Å². The highest BCUT2D eigenvalue weighted by atomic mass is 19.4. The van der Waals surface area contributed by atoms with Crippen LogP contribution in [-0.4, -0.2) is 14.8 Å². The molecule has 0 aliphatic heterocycles. The Hall–Kier alpha value is -3.81. The first-order valence-electron chi connectivity index (χ1n) is 8.60. The van der Waals surface area contributed by atoms with Crippen LogP contribution in [0.2, 0.25) is 0 Å². The molecule has 5 nitrogen and oxygen atoms in total. The summed E-state index contributed by atoms with van der Waals surface area (Å²) in [7, 11) is 0. The van der Waals surface area contributed by atoms with Crippen LogP contribution in [-0.2, 0) is 6.18 Å². The Morgan fingerprint density at radius 1 is 0.862 bits per heavy atom. The van der Waals surface area contributed by atoms with Crippen molar-refractivity contribution in [3.05, 3.63) is 94.9 Å². The summed E-state index contributed by atoms with van der Waals surface area (Å²) in [5, 5.41) is 6.26. The minimum atomic E-state index is -4.51. The lowest BCUT2D eigenvalue weighted by atomic mass is 10.1. The second-order valence-corrected chi connectivity index (χ2v) is 6.18. The summed E-state index contributed by atoms with van der Waals surface area (Å²) in [6, 6.07) is 20.5. The third kappa shape index (κ3) is 3.91. The van der Waals surface area contributed by atoms with E-state index >= 15 is 0 Å². The molecule has 0 unspecified atom stereocenters. The number of para-hydroxylation sites is 1. The maximum absolute atomic E-state index is 13.0. The average Bonchev–Trinajstić information content (AvgIpc) is 3.10. The van der Waals surface area contributed by atoms with Crippen LogP contribution in [0.1, 0.15) is 5.56 Å². The molecule has 0 aliphatic carbocycles. The highest BCUT2D eigenvalue weighted by Crippen LogP contribution is 2.31. The summed E-state index contributed by atoms with van der Waals surface area (Å²) in [6.45, 7) is 0. The molecule has 0 spiro atoms. The molecule has 0 aliphatic rings. The van der Waals surface area contributed by atoms with Crippen molar-refractivity contribution < 1.29 is 17.9 Å². The van der Waals surface area contributed by atoms with Gasteiger partial charge in [0.05, 0.1) is 11.3 Å². The number of halogens is 3. The van der Waals surface area contributed by atoms with Gasteiger partial charge in [-0.2, -0.15) is 18.3 Å². The molecule has 0 fully saturated rings. The first kappa shape index (κ1) is 18.5. The van der Waals surface area contributed by atoms with Crippen molar-refractivity contribution in [3.63, 3.8) is 0 Å². The zero-order valence-electron chi connectivity index (χ0n) is 14.9. The number of aromatic amines is 1. The Labute approximate surface area is 163 Å². The number of rotatable bonds is 4. The Morgan fingerprint density at radius 3 is 2.24 bits per heavy atom. The van der Waals surface area contributed by atoms with Gasteiger partial charge in [0.2, 0.25) is 0 Å². The Morgan fingerprint density at radius 2 is 1.55 bits per heavy atom. The molecule has 3 aromatic carbocycles. The molecule has 29 heavy (non-hydrogen) atoms. The van der Waals surface area contributed by atoms with Gasteiger partial charge >= 0.3 is 11.9 Å². The Bertz CT molecular complexity index is 1180. The number of alkyl halides is 3. The average molecular weight is 397 g/mol. The number of nitrogens with one attached hydrogen (secondary N) is 1. The molecule has 0 saturated heterocycles. The highest BCUT2D eigenvalue weighted by molar-refractivity contribution is 5.59. The maximum atomic E-state index is 13.0. The van der Waals surface area contributed by atoms with E-state index in [0.717, 1.165) is 16.7 Å². The summed E-state index contributed by atoms with van der Waals surface area (Å²) < 4.78 is 45.9. The standard InChI is InChI=1S/C21H14F3N3O2/c22-21(23,24)15-5-4-6-16(13-15)27-19(25-26-20(27)28)14-9-11-18(12-10-14)29-17-7-2-1-3-8-17/h1-13H,(H,26,28). The van der Waals surface area contributed by atoms with Crippen molar-refractivity contribution in [2.24, 2.45) is 0 Å². The first-order valence-corrected chi connectivity index (χ1v) is 8.60. The molecule has 4 aromatic rings. The summed E-state index contributed by atoms with van der Waals surface area (Å²) in [6.07, 6.45) is -4.51. The fourth-order valence-corrected chi connectivity index (χ4v) is 2.85. The lowest BCUT2D eigenvalue weighted by Gasteiger charge is -2.11. The van der Waals surface area contributed by atoms with E-state index in [0.29, 0.717) is 17.1 Å². The van der Waals surface area contributed by atoms with E-state index in [1.54, 1.807) is 24.3 Å². The number of benzene rings is 3. The van der Waals surface area contributed by atoms with Crippen LogP contribution in [0, 0.1) is 0 Å². The maximum Gasteiger partial charge on any atom is 0.416 e. The molecule has 8 heteroatoms. The van der Waals surface area contributed by atoms with Gasteiger partial charge in [0.25, 0.3) is 0 Å². The van der Waals surface area contributed by atoms with Crippen molar-refractivity contribution in [1.82, 2.24) is 14.8 Å². The van der Waals surface area contributed by atoms with Crippen LogP contribution in [0.25, 0.3) is 17.1 Å². The van der Waals surface area contributed by atoms with Crippen LogP contribution in [0.4, 0.5) is 13.2 Å². The molecule has 1 aromatic heterocycles. The van der Waals surface area contributed by atoms with Gasteiger partial charge in [0.15, 0.2) is 5.82 Å². The number of ether oxygens (including phenoxy) is 1. The van der Waals surface area contributed by atoms with E-state index < -0.39 is 17.4 Å². The van der Waals surface area contributed by atoms with Crippen molar-refractivity contribution in [1.29, 1.82) is 0 Å².